The van der Waals surface area contributed by atoms with E-state index in [4.69, 9.17) is 0 Å². The van der Waals surface area contributed by atoms with Crippen molar-refractivity contribution in [3.63, 3.8) is 0 Å². The number of anilines is 1. The van der Waals surface area contributed by atoms with E-state index in [1.807, 2.05) is 24.0 Å². The molecule has 1 aliphatic carbocycles. The quantitative estimate of drug-likeness (QED) is 0.731. The first-order chi connectivity index (χ1) is 6.86. The van der Waals surface area contributed by atoms with Crippen LogP contribution in [0, 0.1) is 0 Å². The zero-order chi connectivity index (χ0) is 9.80. The molecule has 3 nitrogen and oxygen atoms in total. The Bertz CT molecular complexity index is 272. The third-order valence-corrected chi connectivity index (χ3v) is 3.03. The molecule has 1 fully saturated rings. The van der Waals surface area contributed by atoms with E-state index in [-0.39, 0.29) is 0 Å². The molecule has 0 aromatic carbocycles. The van der Waals surface area contributed by atoms with E-state index in [9.17, 15) is 0 Å². The van der Waals surface area contributed by atoms with E-state index in [0.717, 1.165) is 5.82 Å². The lowest BCUT2D eigenvalue weighted by Gasteiger charge is -2.17. The molecule has 1 aromatic rings. The third-order valence-electron chi connectivity index (χ3n) is 3.03. The maximum absolute atomic E-state index is 4.16. The fourth-order valence-electron chi connectivity index (χ4n) is 2.15. The summed E-state index contributed by atoms with van der Waals surface area (Å²) in [5.41, 5.74) is 0. The second-order valence-electron chi connectivity index (χ2n) is 4.17. The second-order valence-corrected chi connectivity index (χ2v) is 4.17. The van der Waals surface area contributed by atoms with Gasteiger partial charge in [0.15, 0.2) is 0 Å². The molecule has 0 unspecified atom stereocenters. The van der Waals surface area contributed by atoms with Gasteiger partial charge in [-0.2, -0.15) is 5.10 Å². The van der Waals surface area contributed by atoms with Gasteiger partial charge in [0.05, 0.1) is 6.20 Å². The van der Waals surface area contributed by atoms with E-state index in [1.165, 1.54) is 38.5 Å². The minimum absolute atomic E-state index is 0.660. The van der Waals surface area contributed by atoms with Crippen LogP contribution in [0.2, 0.25) is 0 Å². The van der Waals surface area contributed by atoms with Crippen LogP contribution in [0.15, 0.2) is 12.3 Å². The highest BCUT2D eigenvalue weighted by Gasteiger charge is 2.12. The fourth-order valence-corrected chi connectivity index (χ4v) is 2.15. The first-order valence-corrected chi connectivity index (χ1v) is 5.61. The van der Waals surface area contributed by atoms with Gasteiger partial charge < -0.3 is 5.32 Å². The second kappa shape index (κ2) is 4.49. The van der Waals surface area contributed by atoms with Crippen molar-refractivity contribution in [2.24, 2.45) is 7.05 Å². The molecule has 1 aliphatic rings. The summed E-state index contributed by atoms with van der Waals surface area (Å²) in [6.07, 6.45) is 10.0. The van der Waals surface area contributed by atoms with E-state index < -0.39 is 0 Å². The van der Waals surface area contributed by atoms with E-state index in [0.29, 0.717) is 6.04 Å². The molecule has 78 valence electrons. The van der Waals surface area contributed by atoms with Crippen LogP contribution in [0.5, 0.6) is 0 Å². The molecule has 0 atom stereocenters. The molecule has 0 bridgehead atoms. The topological polar surface area (TPSA) is 29.9 Å². The molecule has 14 heavy (non-hydrogen) atoms. The van der Waals surface area contributed by atoms with Gasteiger partial charge in [-0.3, -0.25) is 4.68 Å². The lowest BCUT2D eigenvalue weighted by molar-refractivity contribution is 0.609. The Hall–Kier alpha value is -0.990. The Kier molecular flexibility index (Phi) is 3.07. The highest BCUT2D eigenvalue weighted by Crippen LogP contribution is 2.20. The Labute approximate surface area is 85.5 Å². The molecule has 0 saturated heterocycles. The maximum atomic E-state index is 4.16. The van der Waals surface area contributed by atoms with Crippen LogP contribution in [0.4, 0.5) is 5.82 Å². The molecule has 0 amide bonds. The van der Waals surface area contributed by atoms with Gasteiger partial charge in [-0.25, -0.2) is 0 Å². The van der Waals surface area contributed by atoms with Crippen molar-refractivity contribution >= 4 is 5.82 Å². The number of nitrogens with one attached hydrogen (secondary N) is 1. The molecule has 0 aliphatic heterocycles. The van der Waals surface area contributed by atoms with Gasteiger partial charge >= 0.3 is 0 Å². The summed E-state index contributed by atoms with van der Waals surface area (Å²) in [4.78, 5) is 0. The zero-order valence-electron chi connectivity index (χ0n) is 8.87. The standard InChI is InChI=1S/C11H19N3/c1-14-11(8-9-12-14)13-10-6-4-2-3-5-7-10/h8-10,13H,2-7H2,1H3. The van der Waals surface area contributed by atoms with Crippen LogP contribution in [0.1, 0.15) is 38.5 Å². The molecule has 1 saturated carbocycles. The largest absolute Gasteiger partial charge is 0.368 e. The Balaban J connectivity index is 1.92. The van der Waals surface area contributed by atoms with Crippen molar-refractivity contribution in [1.82, 2.24) is 9.78 Å². The Morgan fingerprint density at radius 1 is 1.29 bits per heavy atom. The summed E-state index contributed by atoms with van der Waals surface area (Å²) in [5.74, 6) is 1.15. The summed E-state index contributed by atoms with van der Waals surface area (Å²) in [7, 11) is 1.99. The van der Waals surface area contributed by atoms with E-state index in [2.05, 4.69) is 10.4 Å². The molecule has 0 spiro atoms. The lowest BCUT2D eigenvalue weighted by Crippen LogP contribution is -2.20. The first-order valence-electron chi connectivity index (χ1n) is 5.61. The van der Waals surface area contributed by atoms with Crippen molar-refractivity contribution in [3.05, 3.63) is 12.3 Å². The van der Waals surface area contributed by atoms with Crippen LogP contribution in [0.3, 0.4) is 0 Å². The number of aryl methyl sites for hydroxylation is 1. The molecule has 3 heteroatoms. The minimum atomic E-state index is 0.660. The zero-order valence-corrected chi connectivity index (χ0v) is 8.87. The van der Waals surface area contributed by atoms with Crippen LogP contribution < -0.4 is 5.32 Å². The van der Waals surface area contributed by atoms with Crippen LogP contribution in [0.25, 0.3) is 0 Å². The average molecular weight is 193 g/mol. The molecular formula is C11H19N3. The summed E-state index contributed by atoms with van der Waals surface area (Å²) >= 11 is 0. The summed E-state index contributed by atoms with van der Waals surface area (Å²) < 4.78 is 1.91. The molecule has 1 heterocycles. The van der Waals surface area contributed by atoms with Crippen LogP contribution >= 0.6 is 0 Å². The van der Waals surface area contributed by atoms with Crippen molar-refractivity contribution in [1.29, 1.82) is 0 Å². The SMILES string of the molecule is Cn1nccc1NC1CCCCCC1. The smallest absolute Gasteiger partial charge is 0.124 e. The van der Waals surface area contributed by atoms with Crippen LogP contribution in [-0.2, 0) is 7.05 Å². The minimum Gasteiger partial charge on any atom is -0.368 e. The predicted octanol–water partition coefficient (Wildman–Crippen LogP) is 2.55. The third kappa shape index (κ3) is 2.28. The van der Waals surface area contributed by atoms with Gasteiger partial charge in [-0.15, -0.1) is 0 Å². The molecular weight excluding hydrogens is 174 g/mol. The molecule has 1 aromatic heterocycles. The lowest BCUT2D eigenvalue weighted by atomic mass is 10.1. The normalized spacial score (nSPS) is 19.2. The summed E-state index contributed by atoms with van der Waals surface area (Å²) in [6.45, 7) is 0. The Morgan fingerprint density at radius 2 is 2.00 bits per heavy atom. The molecule has 0 radical (unpaired) electrons. The van der Waals surface area contributed by atoms with E-state index in [1.54, 1.807) is 0 Å². The monoisotopic (exact) mass is 193 g/mol. The van der Waals surface area contributed by atoms with E-state index >= 15 is 0 Å². The average Bonchev–Trinajstić information content (AvgIpc) is 2.44. The van der Waals surface area contributed by atoms with Gasteiger partial charge in [0.25, 0.3) is 0 Å². The van der Waals surface area contributed by atoms with Gasteiger partial charge in [0.1, 0.15) is 5.82 Å². The fraction of sp³-hybridized carbons (Fsp3) is 0.727. The molecule has 2 rings (SSSR count). The van der Waals surface area contributed by atoms with Crippen molar-refractivity contribution in [2.45, 2.75) is 44.6 Å². The Morgan fingerprint density at radius 3 is 2.57 bits per heavy atom. The van der Waals surface area contributed by atoms with Gasteiger partial charge in [0.2, 0.25) is 0 Å². The van der Waals surface area contributed by atoms with Crippen molar-refractivity contribution in [3.8, 4) is 0 Å². The first kappa shape index (κ1) is 9.56. The number of hydrogen-bond acceptors (Lipinski definition) is 2. The van der Waals surface area contributed by atoms with Crippen molar-refractivity contribution < 1.29 is 0 Å². The molecule has 1 N–H and O–H groups in total. The predicted molar refractivity (Wildman–Crippen MR) is 58.3 cm³/mol. The van der Waals surface area contributed by atoms with Gasteiger partial charge in [-0.05, 0) is 12.8 Å². The van der Waals surface area contributed by atoms with Gasteiger partial charge in [-0.1, -0.05) is 25.7 Å². The number of hydrogen-bond donors (Lipinski definition) is 1. The number of rotatable bonds is 2. The van der Waals surface area contributed by atoms with Crippen molar-refractivity contribution in [2.75, 3.05) is 5.32 Å². The highest BCUT2D eigenvalue weighted by atomic mass is 15.3. The number of nitrogens with zero attached hydrogens (tertiary/aromatic N) is 2. The summed E-state index contributed by atoms with van der Waals surface area (Å²) in [6, 6.07) is 2.71. The maximum Gasteiger partial charge on any atom is 0.124 e. The number of aromatic nitrogens is 2. The summed E-state index contributed by atoms with van der Waals surface area (Å²) in [5, 5.41) is 7.73. The highest BCUT2D eigenvalue weighted by molar-refractivity contribution is 5.34. The van der Waals surface area contributed by atoms with Crippen LogP contribution in [-0.4, -0.2) is 15.8 Å². The van der Waals surface area contributed by atoms with Gasteiger partial charge in [0, 0.05) is 19.2 Å².